The van der Waals surface area contributed by atoms with Crippen molar-refractivity contribution in [3.8, 4) is 5.75 Å². The average molecular weight is 264 g/mol. The molecule has 0 unspecified atom stereocenters. The van der Waals surface area contributed by atoms with E-state index in [1.807, 2.05) is 0 Å². The number of hydrogen-bond donors (Lipinski definition) is 2. The highest BCUT2D eigenvalue weighted by Crippen LogP contribution is 2.23. The lowest BCUT2D eigenvalue weighted by molar-refractivity contribution is 0.0908. The van der Waals surface area contributed by atoms with E-state index in [0.29, 0.717) is 17.4 Å². The second kappa shape index (κ2) is 6.52. The summed E-state index contributed by atoms with van der Waals surface area (Å²) in [7, 11) is 1.56. The number of rotatable bonds is 4. The number of amides is 1. The van der Waals surface area contributed by atoms with Crippen LogP contribution in [0.2, 0.25) is 0 Å². The molecule has 1 fully saturated rings. The van der Waals surface area contributed by atoms with Crippen molar-refractivity contribution in [2.75, 3.05) is 13.7 Å². The quantitative estimate of drug-likeness (QED) is 0.861. The Labute approximate surface area is 113 Å². The zero-order chi connectivity index (χ0) is 13.7. The molecule has 0 atom stereocenters. The third-order valence-corrected chi connectivity index (χ3v) is 3.64. The van der Waals surface area contributed by atoms with Gasteiger partial charge in [-0.1, -0.05) is 0 Å². The van der Waals surface area contributed by atoms with Gasteiger partial charge in [0.25, 0.3) is 5.91 Å². The highest BCUT2D eigenvalue weighted by Gasteiger charge is 2.22. The maximum atomic E-state index is 12.1. The van der Waals surface area contributed by atoms with Gasteiger partial charge in [-0.2, -0.15) is 0 Å². The molecule has 104 valence electrons. The molecule has 0 saturated heterocycles. The Morgan fingerprint density at radius 2 is 2.21 bits per heavy atom. The van der Waals surface area contributed by atoms with Crippen LogP contribution >= 0.6 is 0 Å². The second-order valence-corrected chi connectivity index (χ2v) is 4.95. The summed E-state index contributed by atoms with van der Waals surface area (Å²) in [5.41, 5.74) is 0.378. The zero-order valence-corrected chi connectivity index (χ0v) is 11.1. The smallest absolute Gasteiger partial charge is 0.270 e. The molecular formula is C14H20N2O3. The van der Waals surface area contributed by atoms with Gasteiger partial charge in [-0.25, -0.2) is 0 Å². The van der Waals surface area contributed by atoms with Crippen molar-refractivity contribution in [3.05, 3.63) is 24.0 Å². The maximum Gasteiger partial charge on any atom is 0.270 e. The number of ether oxygens (including phenoxy) is 1. The summed E-state index contributed by atoms with van der Waals surface area (Å²) in [6.07, 6.45) is 5.33. The van der Waals surface area contributed by atoms with Crippen LogP contribution in [0.5, 0.6) is 5.75 Å². The first-order chi connectivity index (χ1) is 9.22. The fraction of sp³-hybridized carbons (Fsp3) is 0.571. The molecule has 1 saturated carbocycles. The van der Waals surface area contributed by atoms with E-state index in [0.717, 1.165) is 25.7 Å². The number of nitrogens with zero attached hydrogens (tertiary/aromatic N) is 1. The van der Waals surface area contributed by atoms with Crippen LogP contribution in [-0.4, -0.2) is 35.8 Å². The summed E-state index contributed by atoms with van der Waals surface area (Å²) < 4.78 is 5.08. The minimum Gasteiger partial charge on any atom is -0.497 e. The van der Waals surface area contributed by atoms with Gasteiger partial charge in [0, 0.05) is 24.9 Å². The SMILES string of the molecule is COc1ccnc(C(=O)NC2CCC(CO)CC2)c1. The van der Waals surface area contributed by atoms with Crippen molar-refractivity contribution in [2.24, 2.45) is 5.92 Å². The average Bonchev–Trinajstić information content (AvgIpc) is 2.48. The first kappa shape index (κ1) is 13.8. The van der Waals surface area contributed by atoms with Crippen LogP contribution in [0.1, 0.15) is 36.2 Å². The van der Waals surface area contributed by atoms with Crippen LogP contribution < -0.4 is 10.1 Å². The standard InChI is InChI=1S/C14H20N2O3/c1-19-12-6-7-15-13(8-12)14(18)16-11-4-2-10(9-17)3-5-11/h6-8,10-11,17H,2-5,9H2,1H3,(H,16,18). The Balaban J connectivity index is 1.90. The topological polar surface area (TPSA) is 71.5 Å². The largest absolute Gasteiger partial charge is 0.497 e. The lowest BCUT2D eigenvalue weighted by atomic mass is 9.86. The van der Waals surface area contributed by atoms with Crippen LogP contribution in [0.3, 0.4) is 0 Å². The van der Waals surface area contributed by atoms with Gasteiger partial charge in [-0.3, -0.25) is 9.78 Å². The monoisotopic (exact) mass is 264 g/mol. The molecule has 5 nitrogen and oxygen atoms in total. The van der Waals surface area contributed by atoms with Crippen LogP contribution in [0.15, 0.2) is 18.3 Å². The number of aliphatic hydroxyl groups is 1. The minimum absolute atomic E-state index is 0.161. The molecule has 2 N–H and O–H groups in total. The van der Waals surface area contributed by atoms with Gasteiger partial charge in [0.1, 0.15) is 11.4 Å². The number of aliphatic hydroxyl groups excluding tert-OH is 1. The van der Waals surface area contributed by atoms with Gasteiger partial charge in [0.05, 0.1) is 7.11 Å². The van der Waals surface area contributed by atoms with Gasteiger partial charge >= 0.3 is 0 Å². The van der Waals surface area contributed by atoms with Crippen molar-refractivity contribution in [1.82, 2.24) is 10.3 Å². The third kappa shape index (κ3) is 3.67. The second-order valence-electron chi connectivity index (χ2n) is 4.95. The summed E-state index contributed by atoms with van der Waals surface area (Å²) in [6.45, 7) is 0.248. The summed E-state index contributed by atoms with van der Waals surface area (Å²) in [6, 6.07) is 3.53. The van der Waals surface area contributed by atoms with E-state index in [9.17, 15) is 4.79 Å². The number of hydrogen-bond acceptors (Lipinski definition) is 4. The van der Waals surface area contributed by atoms with Gasteiger partial charge in [-0.05, 0) is 37.7 Å². The first-order valence-corrected chi connectivity index (χ1v) is 6.64. The van der Waals surface area contributed by atoms with E-state index < -0.39 is 0 Å². The van der Waals surface area contributed by atoms with Gasteiger partial charge < -0.3 is 15.2 Å². The Bertz CT molecular complexity index is 428. The Morgan fingerprint density at radius 3 is 2.84 bits per heavy atom. The molecule has 0 radical (unpaired) electrons. The molecule has 5 heteroatoms. The summed E-state index contributed by atoms with van der Waals surface area (Å²) in [5, 5.41) is 12.1. The van der Waals surface area contributed by atoms with Crippen LogP contribution in [0.25, 0.3) is 0 Å². The van der Waals surface area contributed by atoms with E-state index in [4.69, 9.17) is 9.84 Å². The third-order valence-electron chi connectivity index (χ3n) is 3.64. The van der Waals surface area contributed by atoms with Gasteiger partial charge in [0.2, 0.25) is 0 Å². The van der Waals surface area contributed by atoms with E-state index >= 15 is 0 Å². The maximum absolute atomic E-state index is 12.1. The molecule has 0 aliphatic heterocycles. The Morgan fingerprint density at radius 1 is 1.47 bits per heavy atom. The van der Waals surface area contributed by atoms with Crippen molar-refractivity contribution < 1.29 is 14.6 Å². The van der Waals surface area contributed by atoms with Crippen molar-refractivity contribution in [3.63, 3.8) is 0 Å². The Hall–Kier alpha value is -1.62. The van der Waals surface area contributed by atoms with E-state index in [2.05, 4.69) is 10.3 Å². The summed E-state index contributed by atoms with van der Waals surface area (Å²) in [4.78, 5) is 16.1. The number of carbonyl (C=O) groups excluding carboxylic acids is 1. The van der Waals surface area contributed by atoms with Crippen molar-refractivity contribution in [2.45, 2.75) is 31.7 Å². The molecule has 0 spiro atoms. The van der Waals surface area contributed by atoms with Gasteiger partial charge in [0.15, 0.2) is 0 Å². The predicted octanol–water partition coefficient (Wildman–Crippen LogP) is 1.37. The fourth-order valence-electron chi connectivity index (χ4n) is 2.41. The predicted molar refractivity (Wildman–Crippen MR) is 71.1 cm³/mol. The molecule has 1 heterocycles. The van der Waals surface area contributed by atoms with Crippen LogP contribution in [0, 0.1) is 5.92 Å². The lowest BCUT2D eigenvalue weighted by Crippen LogP contribution is -2.38. The lowest BCUT2D eigenvalue weighted by Gasteiger charge is -2.27. The van der Waals surface area contributed by atoms with E-state index in [1.165, 1.54) is 0 Å². The molecule has 1 amide bonds. The van der Waals surface area contributed by atoms with Crippen LogP contribution in [-0.2, 0) is 0 Å². The first-order valence-electron chi connectivity index (χ1n) is 6.64. The van der Waals surface area contributed by atoms with E-state index in [-0.39, 0.29) is 18.6 Å². The van der Waals surface area contributed by atoms with Crippen molar-refractivity contribution in [1.29, 1.82) is 0 Å². The highest BCUT2D eigenvalue weighted by atomic mass is 16.5. The Kier molecular flexibility index (Phi) is 4.74. The minimum atomic E-state index is -0.161. The summed E-state index contributed by atoms with van der Waals surface area (Å²) >= 11 is 0. The molecule has 0 aromatic carbocycles. The normalized spacial score (nSPS) is 22.8. The van der Waals surface area contributed by atoms with Crippen LogP contribution in [0.4, 0.5) is 0 Å². The molecule has 0 bridgehead atoms. The molecule has 1 aromatic heterocycles. The number of carbonyl (C=O) groups is 1. The molecular weight excluding hydrogens is 244 g/mol. The van der Waals surface area contributed by atoms with Gasteiger partial charge in [-0.15, -0.1) is 0 Å². The van der Waals surface area contributed by atoms with Crippen molar-refractivity contribution >= 4 is 5.91 Å². The molecule has 2 rings (SSSR count). The highest BCUT2D eigenvalue weighted by molar-refractivity contribution is 5.92. The number of nitrogens with one attached hydrogen (secondary N) is 1. The zero-order valence-electron chi connectivity index (χ0n) is 11.1. The summed E-state index contributed by atoms with van der Waals surface area (Å²) in [5.74, 6) is 0.860. The number of methoxy groups -OCH3 is 1. The molecule has 1 aliphatic rings. The molecule has 1 aromatic rings. The van der Waals surface area contributed by atoms with E-state index in [1.54, 1.807) is 25.4 Å². The number of pyridine rings is 1. The molecule has 19 heavy (non-hydrogen) atoms. The molecule has 1 aliphatic carbocycles. The fourth-order valence-corrected chi connectivity index (χ4v) is 2.41. The number of aromatic nitrogens is 1.